The molecule has 3 rings (SSSR count). The number of hydrogen-bond donors (Lipinski definition) is 3. The Bertz CT molecular complexity index is 610. The summed E-state index contributed by atoms with van der Waals surface area (Å²) in [7, 11) is 0. The van der Waals surface area contributed by atoms with Crippen LogP contribution in [0.1, 0.15) is 69.8 Å². The Kier molecular flexibility index (Phi) is 10.6. The van der Waals surface area contributed by atoms with E-state index in [2.05, 4.69) is 15.6 Å². The first-order valence-electron chi connectivity index (χ1n) is 10.8. The smallest absolute Gasteiger partial charge is 0.240 e. The Morgan fingerprint density at radius 3 is 2.14 bits per heavy atom. The molecule has 2 saturated carbocycles. The van der Waals surface area contributed by atoms with Gasteiger partial charge in [-0.25, -0.2) is 4.98 Å². The van der Waals surface area contributed by atoms with Gasteiger partial charge in [0.1, 0.15) is 5.82 Å². The summed E-state index contributed by atoms with van der Waals surface area (Å²) in [5.41, 5.74) is 6.52. The molecule has 0 unspecified atom stereocenters. The summed E-state index contributed by atoms with van der Waals surface area (Å²) in [6, 6.07) is 3.07. The Morgan fingerprint density at radius 1 is 1.07 bits per heavy atom. The quantitative estimate of drug-likeness (QED) is 0.399. The first-order chi connectivity index (χ1) is 13.7. The molecule has 0 spiro atoms. The van der Waals surface area contributed by atoms with E-state index in [1.54, 1.807) is 12.3 Å². The van der Waals surface area contributed by atoms with Crippen molar-refractivity contribution < 1.29 is 42.3 Å². The monoisotopic (exact) mass is 474 g/mol. The Balaban J connectivity index is 0.00000300. The minimum Gasteiger partial charge on any atom is -0.520 e. The predicted octanol–water partition coefficient (Wildman–Crippen LogP) is 3.08. The predicted molar refractivity (Wildman–Crippen MR) is 110 cm³/mol. The van der Waals surface area contributed by atoms with Gasteiger partial charge >= 0.3 is 0 Å². The number of aromatic nitrogens is 1. The molecule has 0 saturated heterocycles. The van der Waals surface area contributed by atoms with Crippen LogP contribution in [0.15, 0.2) is 18.3 Å². The minimum atomic E-state index is -0.509. The van der Waals surface area contributed by atoms with Gasteiger partial charge in [-0.1, -0.05) is 70.3 Å². The number of nitrogens with zero attached hydrogens (tertiary/aromatic N) is 1. The second kappa shape index (κ2) is 12.6. The SMILES string of the molecule is Nc1ccc(CNC(=O)[C@H](N[C-]=O)C(C2CCCCC2)C2CCCCC2)cn1.[Y]. The number of amides is 2. The summed E-state index contributed by atoms with van der Waals surface area (Å²) in [5.74, 6) is 1.56. The fourth-order valence-corrected chi connectivity index (χ4v) is 5.21. The van der Waals surface area contributed by atoms with Gasteiger partial charge in [0.2, 0.25) is 5.91 Å². The van der Waals surface area contributed by atoms with Crippen LogP contribution >= 0.6 is 0 Å². The van der Waals surface area contributed by atoms with E-state index in [-0.39, 0.29) is 44.5 Å². The second-order valence-electron chi connectivity index (χ2n) is 8.41. The molecule has 4 N–H and O–H groups in total. The molecule has 0 bridgehead atoms. The first kappa shape index (κ1) is 24.3. The summed E-state index contributed by atoms with van der Waals surface area (Å²) >= 11 is 0. The van der Waals surface area contributed by atoms with Crippen molar-refractivity contribution in [3.05, 3.63) is 23.9 Å². The summed E-state index contributed by atoms with van der Waals surface area (Å²) in [6.45, 7) is 0.380. The molecule has 1 radical (unpaired) electrons. The topological polar surface area (TPSA) is 97.1 Å². The number of carbonyl (C=O) groups is 1. The van der Waals surface area contributed by atoms with E-state index in [1.807, 2.05) is 12.5 Å². The van der Waals surface area contributed by atoms with Gasteiger partial charge in [0.15, 0.2) is 0 Å². The molecule has 2 aliphatic rings. The fourth-order valence-electron chi connectivity index (χ4n) is 5.21. The van der Waals surface area contributed by atoms with Gasteiger partial charge in [0.25, 0.3) is 0 Å². The van der Waals surface area contributed by atoms with E-state index in [4.69, 9.17) is 5.73 Å². The second-order valence-corrected chi connectivity index (χ2v) is 8.41. The molecule has 29 heavy (non-hydrogen) atoms. The average Bonchev–Trinajstić information content (AvgIpc) is 2.74. The molecule has 0 aromatic carbocycles. The maximum atomic E-state index is 13.1. The van der Waals surface area contributed by atoms with Crippen LogP contribution in [-0.4, -0.2) is 23.3 Å². The Morgan fingerprint density at radius 2 is 1.66 bits per heavy atom. The van der Waals surface area contributed by atoms with Gasteiger partial charge in [-0.05, 0) is 29.4 Å². The van der Waals surface area contributed by atoms with Gasteiger partial charge in [-0.15, -0.1) is 0 Å². The summed E-state index contributed by atoms with van der Waals surface area (Å²) in [6.07, 6.45) is 15.6. The van der Waals surface area contributed by atoms with Crippen molar-refractivity contribution in [2.45, 2.75) is 76.8 Å². The van der Waals surface area contributed by atoms with Crippen LogP contribution in [0.2, 0.25) is 0 Å². The van der Waals surface area contributed by atoms with Crippen LogP contribution < -0.4 is 16.4 Å². The molecule has 1 aromatic rings. The largest absolute Gasteiger partial charge is 0.520 e. The molecule has 2 fully saturated rings. The number of rotatable bonds is 8. The fraction of sp³-hybridized carbons (Fsp3) is 0.682. The zero-order valence-corrected chi connectivity index (χ0v) is 20.1. The zero-order valence-electron chi connectivity index (χ0n) is 17.2. The Labute approximate surface area is 199 Å². The number of hydrogen-bond acceptors (Lipinski definition) is 4. The molecule has 1 atom stereocenters. The van der Waals surface area contributed by atoms with Crippen molar-refractivity contribution in [2.24, 2.45) is 17.8 Å². The number of nitrogens with two attached hydrogens (primary N) is 1. The van der Waals surface area contributed by atoms with Crippen molar-refractivity contribution in [1.82, 2.24) is 15.6 Å². The number of nitrogens with one attached hydrogen (secondary N) is 2. The summed E-state index contributed by atoms with van der Waals surface area (Å²) in [4.78, 5) is 28.4. The number of carbonyl (C=O) groups excluding carboxylic acids is 2. The standard InChI is InChI=1S/C22H33N4O2.Y/c23-19-12-11-16(13-24-19)14-25-22(28)21(26-15-27)20(17-7-3-1-4-8-17)18-9-5-2-6-10-18;/h11-13,17-18,20-21H,1-10,14H2,(H2,23,24)(H,25,28)(H,26,27);/q-1;/t21-;/m1./s1. The summed E-state index contributed by atoms with van der Waals surface area (Å²) < 4.78 is 0. The average molecular weight is 474 g/mol. The van der Waals surface area contributed by atoms with Crippen LogP contribution in [0.4, 0.5) is 5.82 Å². The van der Waals surface area contributed by atoms with E-state index in [9.17, 15) is 9.59 Å². The molecule has 6 nitrogen and oxygen atoms in total. The molecule has 0 aliphatic heterocycles. The van der Waals surface area contributed by atoms with E-state index >= 15 is 0 Å². The van der Waals surface area contributed by atoms with Gasteiger partial charge in [-0.2, -0.15) is 6.41 Å². The molecule has 2 aliphatic carbocycles. The number of pyridine rings is 1. The van der Waals surface area contributed by atoms with Gasteiger partial charge in [-0.3, -0.25) is 4.79 Å². The van der Waals surface area contributed by atoms with Crippen molar-refractivity contribution in [3.8, 4) is 0 Å². The zero-order chi connectivity index (χ0) is 19.8. The molecule has 7 heteroatoms. The maximum absolute atomic E-state index is 13.1. The van der Waals surface area contributed by atoms with Crippen molar-refractivity contribution in [3.63, 3.8) is 0 Å². The van der Waals surface area contributed by atoms with E-state index < -0.39 is 6.04 Å². The van der Waals surface area contributed by atoms with Crippen molar-refractivity contribution >= 4 is 18.1 Å². The molecule has 1 heterocycles. The Hall–Kier alpha value is -1.01. The van der Waals surface area contributed by atoms with Crippen LogP contribution in [0, 0.1) is 17.8 Å². The summed E-state index contributed by atoms with van der Waals surface area (Å²) in [5, 5.41) is 5.77. The van der Waals surface area contributed by atoms with Gasteiger partial charge < -0.3 is 21.2 Å². The molecular formula is C22H33N4O2Y-. The number of nitrogen functional groups attached to an aromatic ring is 1. The normalized spacial score (nSPS) is 19.2. The van der Waals surface area contributed by atoms with E-state index in [0.29, 0.717) is 24.2 Å². The number of anilines is 1. The minimum absolute atomic E-state index is 0. The van der Waals surface area contributed by atoms with Crippen LogP contribution in [0.3, 0.4) is 0 Å². The molecule has 1 aromatic heterocycles. The van der Waals surface area contributed by atoms with Crippen LogP contribution in [-0.2, 0) is 48.8 Å². The van der Waals surface area contributed by atoms with Crippen LogP contribution in [0.5, 0.6) is 0 Å². The first-order valence-corrected chi connectivity index (χ1v) is 10.8. The molecule has 2 amide bonds. The molecular weight excluding hydrogens is 441 g/mol. The third kappa shape index (κ3) is 7.03. The molecule has 157 valence electrons. The van der Waals surface area contributed by atoms with E-state index in [1.165, 1.54) is 38.5 Å². The van der Waals surface area contributed by atoms with E-state index in [0.717, 1.165) is 31.2 Å². The van der Waals surface area contributed by atoms with Crippen molar-refractivity contribution in [1.29, 1.82) is 0 Å². The van der Waals surface area contributed by atoms with Gasteiger partial charge in [0.05, 0.1) is 6.04 Å². The third-order valence-corrected chi connectivity index (χ3v) is 6.58. The van der Waals surface area contributed by atoms with Gasteiger partial charge in [0, 0.05) is 45.5 Å². The van der Waals surface area contributed by atoms with Crippen molar-refractivity contribution in [2.75, 3.05) is 5.73 Å². The van der Waals surface area contributed by atoms with Crippen LogP contribution in [0.25, 0.3) is 0 Å². The maximum Gasteiger partial charge on any atom is 0.240 e. The third-order valence-electron chi connectivity index (χ3n) is 6.58.